The molecule has 0 bridgehead atoms. The monoisotopic (exact) mass is 230 g/mol. The Balaban J connectivity index is 2.47. The van der Waals surface area contributed by atoms with Crippen molar-refractivity contribution in [2.75, 3.05) is 19.8 Å². The average molecular weight is 230 g/mol. The Labute approximate surface area is 97.2 Å². The van der Waals surface area contributed by atoms with Crippen molar-refractivity contribution in [2.45, 2.75) is 46.3 Å². The second-order valence-electron chi connectivity index (χ2n) is 4.86. The molecule has 0 aromatic carbocycles. The van der Waals surface area contributed by atoms with Gasteiger partial charge in [-0.25, -0.2) is 0 Å². The third kappa shape index (κ3) is 3.46. The van der Waals surface area contributed by atoms with Gasteiger partial charge in [0.25, 0.3) is 0 Å². The first-order chi connectivity index (χ1) is 7.43. The van der Waals surface area contributed by atoms with Gasteiger partial charge in [-0.2, -0.15) is 0 Å². The standard InChI is InChI=1S/C12H22O4/c1-5-11(3)8-15-12(4,16-9-11)7-10(13)14-6-2/h5-9H2,1-4H3. The van der Waals surface area contributed by atoms with E-state index in [1.165, 1.54) is 0 Å². The smallest absolute Gasteiger partial charge is 0.311 e. The van der Waals surface area contributed by atoms with Gasteiger partial charge >= 0.3 is 5.97 Å². The van der Waals surface area contributed by atoms with E-state index < -0.39 is 5.79 Å². The van der Waals surface area contributed by atoms with E-state index in [1.807, 2.05) is 0 Å². The number of rotatable bonds is 4. The molecule has 94 valence electrons. The largest absolute Gasteiger partial charge is 0.466 e. The molecule has 0 radical (unpaired) electrons. The first-order valence-corrected chi connectivity index (χ1v) is 5.86. The van der Waals surface area contributed by atoms with Crippen LogP contribution < -0.4 is 0 Å². The summed E-state index contributed by atoms with van der Waals surface area (Å²) in [5.41, 5.74) is 0.0637. The number of hydrogen-bond donors (Lipinski definition) is 0. The summed E-state index contributed by atoms with van der Waals surface area (Å²) in [6, 6.07) is 0. The van der Waals surface area contributed by atoms with Crippen LogP contribution >= 0.6 is 0 Å². The van der Waals surface area contributed by atoms with E-state index in [4.69, 9.17) is 14.2 Å². The van der Waals surface area contributed by atoms with E-state index in [1.54, 1.807) is 13.8 Å². The lowest BCUT2D eigenvalue weighted by molar-refractivity contribution is -0.294. The topological polar surface area (TPSA) is 44.8 Å². The van der Waals surface area contributed by atoms with Gasteiger partial charge in [-0.05, 0) is 20.3 Å². The predicted molar refractivity (Wildman–Crippen MR) is 60.0 cm³/mol. The van der Waals surface area contributed by atoms with Crippen LogP contribution in [0, 0.1) is 5.41 Å². The Hall–Kier alpha value is -0.610. The second-order valence-corrected chi connectivity index (χ2v) is 4.86. The van der Waals surface area contributed by atoms with Crippen LogP contribution in [0.1, 0.15) is 40.5 Å². The molecule has 0 aliphatic carbocycles. The molecule has 0 amide bonds. The summed E-state index contributed by atoms with van der Waals surface area (Å²) in [7, 11) is 0. The second kappa shape index (κ2) is 5.15. The van der Waals surface area contributed by atoms with E-state index >= 15 is 0 Å². The molecule has 1 aliphatic rings. The Morgan fingerprint density at radius 3 is 2.25 bits per heavy atom. The quantitative estimate of drug-likeness (QED) is 0.694. The maximum Gasteiger partial charge on any atom is 0.311 e. The molecule has 0 aromatic rings. The summed E-state index contributed by atoms with van der Waals surface area (Å²) in [4.78, 5) is 11.4. The molecule has 16 heavy (non-hydrogen) atoms. The highest BCUT2D eigenvalue weighted by atomic mass is 16.7. The molecule has 0 aromatic heterocycles. The Bertz CT molecular complexity index is 241. The zero-order valence-corrected chi connectivity index (χ0v) is 10.7. The summed E-state index contributed by atoms with van der Waals surface area (Å²) in [5.74, 6) is -1.09. The van der Waals surface area contributed by atoms with Gasteiger partial charge < -0.3 is 14.2 Å². The molecule has 1 fully saturated rings. The molecule has 4 heteroatoms. The van der Waals surface area contributed by atoms with Crippen LogP contribution in [-0.2, 0) is 19.0 Å². The van der Waals surface area contributed by atoms with Gasteiger partial charge in [-0.3, -0.25) is 4.79 Å². The SMILES string of the molecule is CCOC(=O)CC1(C)OCC(C)(CC)CO1. The van der Waals surface area contributed by atoms with Crippen molar-refractivity contribution in [1.29, 1.82) is 0 Å². The van der Waals surface area contributed by atoms with E-state index in [0.29, 0.717) is 19.8 Å². The highest BCUT2D eigenvalue weighted by Gasteiger charge is 2.40. The summed E-state index contributed by atoms with van der Waals surface area (Å²) >= 11 is 0. The van der Waals surface area contributed by atoms with Crippen LogP contribution in [0.25, 0.3) is 0 Å². The lowest BCUT2D eigenvalue weighted by atomic mass is 9.88. The zero-order chi connectivity index (χ0) is 12.2. The highest BCUT2D eigenvalue weighted by molar-refractivity contribution is 5.70. The summed E-state index contributed by atoms with van der Waals surface area (Å²) in [6.07, 6.45) is 1.16. The molecule has 1 aliphatic heterocycles. The minimum atomic E-state index is -0.819. The lowest BCUT2D eigenvalue weighted by Crippen LogP contribution is -2.47. The van der Waals surface area contributed by atoms with Gasteiger partial charge in [0.05, 0.1) is 26.2 Å². The normalized spacial score (nSPS) is 34.8. The molecule has 0 saturated carbocycles. The Morgan fingerprint density at radius 2 is 1.81 bits per heavy atom. The molecule has 0 N–H and O–H groups in total. The molecule has 1 saturated heterocycles. The van der Waals surface area contributed by atoms with E-state index in [0.717, 1.165) is 6.42 Å². The average Bonchev–Trinajstić information content (AvgIpc) is 2.24. The highest BCUT2D eigenvalue weighted by Crippen LogP contribution is 2.33. The van der Waals surface area contributed by atoms with Crippen LogP contribution in [-0.4, -0.2) is 31.6 Å². The fraction of sp³-hybridized carbons (Fsp3) is 0.917. The van der Waals surface area contributed by atoms with Gasteiger partial charge in [0.2, 0.25) is 0 Å². The molecule has 0 unspecified atom stereocenters. The fourth-order valence-corrected chi connectivity index (χ4v) is 1.52. The van der Waals surface area contributed by atoms with Crippen LogP contribution in [0.15, 0.2) is 0 Å². The van der Waals surface area contributed by atoms with Crippen LogP contribution in [0.3, 0.4) is 0 Å². The number of hydrogen-bond acceptors (Lipinski definition) is 4. The third-order valence-corrected chi connectivity index (χ3v) is 3.08. The van der Waals surface area contributed by atoms with Gasteiger partial charge in [0.15, 0.2) is 5.79 Å². The van der Waals surface area contributed by atoms with Gasteiger partial charge in [0, 0.05) is 5.41 Å². The summed E-state index contributed by atoms with van der Waals surface area (Å²) in [5, 5.41) is 0. The molecule has 1 rings (SSSR count). The van der Waals surface area contributed by atoms with Crippen molar-refractivity contribution in [3.8, 4) is 0 Å². The van der Waals surface area contributed by atoms with Crippen molar-refractivity contribution in [3.05, 3.63) is 0 Å². The van der Waals surface area contributed by atoms with Crippen molar-refractivity contribution in [1.82, 2.24) is 0 Å². The zero-order valence-electron chi connectivity index (χ0n) is 10.7. The summed E-state index contributed by atoms with van der Waals surface area (Å²) < 4.78 is 16.2. The van der Waals surface area contributed by atoms with Crippen LogP contribution in [0.4, 0.5) is 0 Å². The third-order valence-electron chi connectivity index (χ3n) is 3.08. The fourth-order valence-electron chi connectivity index (χ4n) is 1.52. The first kappa shape index (κ1) is 13.5. The first-order valence-electron chi connectivity index (χ1n) is 5.86. The van der Waals surface area contributed by atoms with Crippen molar-refractivity contribution < 1.29 is 19.0 Å². The van der Waals surface area contributed by atoms with E-state index in [9.17, 15) is 4.79 Å². The number of ether oxygens (including phenoxy) is 3. The lowest BCUT2D eigenvalue weighted by Gasteiger charge is -2.42. The minimum Gasteiger partial charge on any atom is -0.466 e. The Kier molecular flexibility index (Phi) is 4.33. The predicted octanol–water partition coefficient (Wildman–Crippen LogP) is 2.12. The van der Waals surface area contributed by atoms with Crippen LogP contribution in [0.5, 0.6) is 0 Å². The number of carbonyl (C=O) groups is 1. The van der Waals surface area contributed by atoms with Gasteiger partial charge in [-0.15, -0.1) is 0 Å². The molecule has 1 heterocycles. The molecule has 0 spiro atoms. The maximum atomic E-state index is 11.4. The molecular weight excluding hydrogens is 208 g/mol. The van der Waals surface area contributed by atoms with Crippen molar-refractivity contribution in [2.24, 2.45) is 5.41 Å². The molecular formula is C12H22O4. The molecule has 4 nitrogen and oxygen atoms in total. The molecule has 0 atom stereocenters. The number of esters is 1. The minimum absolute atomic E-state index is 0.0637. The van der Waals surface area contributed by atoms with Gasteiger partial charge in [0.1, 0.15) is 0 Å². The van der Waals surface area contributed by atoms with E-state index in [2.05, 4.69) is 13.8 Å². The van der Waals surface area contributed by atoms with Crippen molar-refractivity contribution in [3.63, 3.8) is 0 Å². The maximum absolute atomic E-state index is 11.4. The van der Waals surface area contributed by atoms with Crippen molar-refractivity contribution >= 4 is 5.97 Å². The van der Waals surface area contributed by atoms with Gasteiger partial charge in [-0.1, -0.05) is 13.8 Å². The van der Waals surface area contributed by atoms with E-state index in [-0.39, 0.29) is 17.8 Å². The summed E-state index contributed by atoms with van der Waals surface area (Å²) in [6.45, 7) is 9.45. The van der Waals surface area contributed by atoms with Crippen LogP contribution in [0.2, 0.25) is 0 Å². The number of carbonyl (C=O) groups excluding carboxylic acids is 1. The Morgan fingerprint density at radius 1 is 1.25 bits per heavy atom.